The van der Waals surface area contributed by atoms with Crippen LogP contribution in [0.3, 0.4) is 0 Å². The van der Waals surface area contributed by atoms with Crippen molar-refractivity contribution < 1.29 is 42.8 Å². The van der Waals surface area contributed by atoms with Crippen LogP contribution in [-0.4, -0.2) is 61.1 Å². The van der Waals surface area contributed by atoms with Gasteiger partial charge in [-0.2, -0.15) is 0 Å². The van der Waals surface area contributed by atoms with Crippen molar-refractivity contribution in [2.75, 3.05) is 32.9 Å². The normalized spacial score (nSPS) is 11.3. The molecule has 4 aromatic carbocycles. The number of hydrogen-bond acceptors (Lipinski definition) is 7. The van der Waals surface area contributed by atoms with Gasteiger partial charge in [0, 0.05) is 19.6 Å². The highest BCUT2D eigenvalue weighted by Crippen LogP contribution is 2.24. The number of carboxylic acid groups (broad SMARTS) is 1. The van der Waals surface area contributed by atoms with E-state index >= 15 is 0 Å². The van der Waals surface area contributed by atoms with E-state index in [1.54, 1.807) is 72.5 Å². The third-order valence-corrected chi connectivity index (χ3v) is 6.79. The Labute approximate surface area is 268 Å². The Kier molecular flexibility index (Phi) is 13.2. The lowest BCUT2D eigenvalue weighted by Gasteiger charge is -2.22. The van der Waals surface area contributed by atoms with Gasteiger partial charge in [0.2, 0.25) is 0 Å². The van der Waals surface area contributed by atoms with Crippen molar-refractivity contribution in [3.63, 3.8) is 0 Å². The first-order chi connectivity index (χ1) is 22.4. The van der Waals surface area contributed by atoms with Crippen LogP contribution < -0.4 is 18.9 Å². The van der Waals surface area contributed by atoms with E-state index in [-0.39, 0.29) is 25.4 Å². The lowest BCUT2D eigenvalue weighted by molar-refractivity contribution is -0.149. The number of rotatable bonds is 18. The summed E-state index contributed by atoms with van der Waals surface area (Å²) in [7, 11) is 0. The second-order valence-corrected chi connectivity index (χ2v) is 10.2. The van der Waals surface area contributed by atoms with Crippen molar-refractivity contribution in [1.29, 1.82) is 0 Å². The fourth-order valence-corrected chi connectivity index (χ4v) is 4.41. The molecule has 242 valence electrons. The van der Waals surface area contributed by atoms with Crippen molar-refractivity contribution in [2.45, 2.75) is 32.3 Å². The fraction of sp³-hybridized carbons (Fsp3) is 0.278. The van der Waals surface area contributed by atoms with Gasteiger partial charge in [-0.15, -0.1) is 0 Å². The second-order valence-electron chi connectivity index (χ2n) is 10.2. The Morgan fingerprint density at radius 3 is 1.96 bits per heavy atom. The first kappa shape index (κ1) is 33.8. The first-order valence-electron chi connectivity index (χ1n) is 15.1. The average Bonchev–Trinajstić information content (AvgIpc) is 3.06. The third kappa shape index (κ3) is 11.4. The van der Waals surface area contributed by atoms with Crippen LogP contribution >= 0.6 is 0 Å². The van der Waals surface area contributed by atoms with Crippen molar-refractivity contribution in [1.82, 2.24) is 4.90 Å². The third-order valence-electron chi connectivity index (χ3n) is 6.79. The molecule has 46 heavy (non-hydrogen) atoms. The van der Waals surface area contributed by atoms with Gasteiger partial charge in [-0.25, -0.2) is 14.0 Å². The zero-order valence-corrected chi connectivity index (χ0v) is 25.7. The van der Waals surface area contributed by atoms with Gasteiger partial charge in [-0.1, -0.05) is 30.3 Å². The van der Waals surface area contributed by atoms with Crippen LogP contribution in [0.1, 0.15) is 25.3 Å². The van der Waals surface area contributed by atoms with Crippen LogP contribution in [0.5, 0.6) is 28.7 Å². The van der Waals surface area contributed by atoms with Crippen LogP contribution in [0.2, 0.25) is 0 Å². The van der Waals surface area contributed by atoms with Gasteiger partial charge in [0.15, 0.2) is 6.10 Å². The number of hydrogen-bond donors (Lipinski definition) is 1. The summed E-state index contributed by atoms with van der Waals surface area (Å²) in [5.74, 6) is 1.51. The molecule has 1 unspecified atom stereocenters. The Morgan fingerprint density at radius 2 is 1.30 bits per heavy atom. The number of aliphatic carboxylic acids is 1. The van der Waals surface area contributed by atoms with E-state index in [9.17, 15) is 19.1 Å². The summed E-state index contributed by atoms with van der Waals surface area (Å²) < 4.78 is 41.5. The number of amides is 1. The molecule has 1 N–H and O–H groups in total. The Hall–Kier alpha value is -5.09. The van der Waals surface area contributed by atoms with Crippen molar-refractivity contribution in [2.24, 2.45) is 0 Å². The molecule has 0 aromatic heterocycles. The maximum Gasteiger partial charge on any atom is 0.415 e. The number of para-hydroxylation sites is 1. The van der Waals surface area contributed by atoms with Crippen LogP contribution in [0.15, 0.2) is 103 Å². The molecule has 0 saturated carbocycles. The predicted octanol–water partition coefficient (Wildman–Crippen LogP) is 7.39. The molecule has 1 atom stereocenters. The first-order valence-corrected chi connectivity index (χ1v) is 15.1. The van der Waals surface area contributed by atoms with E-state index in [0.29, 0.717) is 61.3 Å². The zero-order valence-electron chi connectivity index (χ0n) is 25.7. The summed E-state index contributed by atoms with van der Waals surface area (Å²) in [5.41, 5.74) is 0.807. The molecule has 0 spiro atoms. The summed E-state index contributed by atoms with van der Waals surface area (Å²) in [6, 6.07) is 29.1. The molecule has 0 bridgehead atoms. The Balaban J connectivity index is 1.30. The lowest BCUT2D eigenvalue weighted by Crippen LogP contribution is -2.37. The van der Waals surface area contributed by atoms with E-state index in [1.807, 2.05) is 30.3 Å². The molecular weight excluding hydrogens is 593 g/mol. The van der Waals surface area contributed by atoms with Crippen LogP contribution in [0.4, 0.5) is 9.18 Å². The molecule has 4 rings (SSSR count). The summed E-state index contributed by atoms with van der Waals surface area (Å²) in [6.45, 7) is 3.35. The standard InChI is InChI=1S/C36H38FNO8/c1-2-42-34(35(39)40)26-27-10-14-29(15-11-27)44-25-23-38(22-6-7-24-43-30-16-12-28(37)13-17-30)36(41)46-33-20-18-32(19-21-33)45-31-8-4-3-5-9-31/h3-5,8-21,34H,2,6-7,22-26H2,1H3,(H,39,40). The summed E-state index contributed by atoms with van der Waals surface area (Å²) in [6.07, 6.45) is 0.108. The molecule has 0 heterocycles. The van der Waals surface area contributed by atoms with Gasteiger partial charge in [-0.05, 0) is 98.1 Å². The molecule has 0 aliphatic rings. The quantitative estimate of drug-likeness (QED) is 0.113. The van der Waals surface area contributed by atoms with E-state index in [1.165, 1.54) is 12.1 Å². The second kappa shape index (κ2) is 18.0. The average molecular weight is 632 g/mol. The molecule has 0 radical (unpaired) electrons. The van der Waals surface area contributed by atoms with Gasteiger partial charge in [-0.3, -0.25) is 0 Å². The number of benzene rings is 4. The molecule has 1 amide bonds. The molecule has 0 aliphatic heterocycles. The van der Waals surface area contributed by atoms with Crippen molar-refractivity contribution in [3.8, 4) is 28.7 Å². The summed E-state index contributed by atoms with van der Waals surface area (Å²) in [5, 5.41) is 9.33. The van der Waals surface area contributed by atoms with Crippen molar-refractivity contribution >= 4 is 12.1 Å². The van der Waals surface area contributed by atoms with Gasteiger partial charge >= 0.3 is 12.1 Å². The zero-order chi connectivity index (χ0) is 32.6. The van der Waals surface area contributed by atoms with E-state index in [0.717, 1.165) is 5.56 Å². The number of unbranched alkanes of at least 4 members (excludes halogenated alkanes) is 1. The van der Waals surface area contributed by atoms with Crippen LogP contribution in [0, 0.1) is 5.82 Å². The molecule has 4 aromatic rings. The molecule has 0 saturated heterocycles. The fourth-order valence-electron chi connectivity index (χ4n) is 4.41. The highest BCUT2D eigenvalue weighted by atomic mass is 19.1. The SMILES string of the molecule is CCOC(Cc1ccc(OCCN(CCCCOc2ccc(F)cc2)C(=O)Oc2ccc(Oc3ccccc3)cc2)cc1)C(=O)O. The Morgan fingerprint density at radius 1 is 0.717 bits per heavy atom. The predicted molar refractivity (Wildman–Crippen MR) is 170 cm³/mol. The number of halogens is 1. The maximum absolute atomic E-state index is 13.2. The highest BCUT2D eigenvalue weighted by Gasteiger charge is 2.19. The topological polar surface area (TPSA) is 104 Å². The number of carbonyl (C=O) groups is 2. The lowest BCUT2D eigenvalue weighted by atomic mass is 10.1. The van der Waals surface area contributed by atoms with E-state index in [4.69, 9.17) is 23.7 Å². The van der Waals surface area contributed by atoms with E-state index in [2.05, 4.69) is 0 Å². The van der Waals surface area contributed by atoms with E-state index < -0.39 is 18.2 Å². The van der Waals surface area contributed by atoms with Gasteiger partial charge in [0.1, 0.15) is 41.2 Å². The molecule has 10 heteroatoms. The number of carbonyl (C=O) groups excluding carboxylic acids is 1. The maximum atomic E-state index is 13.2. The monoisotopic (exact) mass is 631 g/mol. The minimum absolute atomic E-state index is 0.209. The largest absolute Gasteiger partial charge is 0.494 e. The van der Waals surface area contributed by atoms with Gasteiger partial charge in [0.25, 0.3) is 0 Å². The molecular formula is C36H38FNO8. The number of nitrogens with zero attached hydrogens (tertiary/aromatic N) is 1. The molecule has 0 aliphatic carbocycles. The number of ether oxygens (including phenoxy) is 5. The highest BCUT2D eigenvalue weighted by molar-refractivity contribution is 5.72. The van der Waals surface area contributed by atoms with Gasteiger partial charge in [0.05, 0.1) is 13.2 Å². The summed E-state index contributed by atoms with van der Waals surface area (Å²) >= 11 is 0. The summed E-state index contributed by atoms with van der Waals surface area (Å²) in [4.78, 5) is 26.2. The minimum Gasteiger partial charge on any atom is -0.494 e. The van der Waals surface area contributed by atoms with Gasteiger partial charge < -0.3 is 33.7 Å². The molecule has 9 nitrogen and oxygen atoms in total. The minimum atomic E-state index is -1.01. The van der Waals surface area contributed by atoms with Crippen molar-refractivity contribution in [3.05, 3.63) is 115 Å². The van der Waals surface area contributed by atoms with Crippen LogP contribution in [-0.2, 0) is 16.0 Å². The Bertz CT molecular complexity index is 1480. The van der Waals surface area contributed by atoms with Crippen LogP contribution in [0.25, 0.3) is 0 Å². The smallest absolute Gasteiger partial charge is 0.415 e. The number of carboxylic acids is 1. The molecule has 0 fully saturated rings.